The Morgan fingerprint density at radius 3 is 2.41 bits per heavy atom. The van der Waals surface area contributed by atoms with E-state index in [1.165, 1.54) is 14.0 Å². The summed E-state index contributed by atoms with van der Waals surface area (Å²) in [5.74, 6) is -1.31. The van der Waals surface area contributed by atoms with Crippen LogP contribution in [0.3, 0.4) is 0 Å². The van der Waals surface area contributed by atoms with Crippen LogP contribution in [0.25, 0.3) is 10.8 Å². The van der Waals surface area contributed by atoms with Crippen LogP contribution in [-0.2, 0) is 9.53 Å². The Hall–Kier alpha value is -2.89. The van der Waals surface area contributed by atoms with E-state index in [0.717, 1.165) is 10.8 Å². The molecule has 1 atom stereocenters. The summed E-state index contributed by atoms with van der Waals surface area (Å²) in [5.41, 5.74) is 0.346. The van der Waals surface area contributed by atoms with Gasteiger partial charge in [0.15, 0.2) is 6.10 Å². The molecule has 0 aliphatic rings. The van der Waals surface area contributed by atoms with Gasteiger partial charge >= 0.3 is 12.0 Å². The van der Waals surface area contributed by atoms with Crippen molar-refractivity contribution in [3.05, 3.63) is 48.0 Å². The molecule has 2 aromatic carbocycles. The fraction of sp³-hybridized carbons (Fsp3) is 0.188. The third-order valence-corrected chi connectivity index (χ3v) is 3.10. The van der Waals surface area contributed by atoms with Crippen LogP contribution in [0.15, 0.2) is 42.5 Å². The lowest BCUT2D eigenvalue weighted by molar-refractivity contribution is -0.127. The Balaban J connectivity index is 2.07. The normalized spacial score (nSPS) is 11.5. The van der Waals surface area contributed by atoms with E-state index in [2.05, 4.69) is 5.32 Å². The van der Waals surface area contributed by atoms with E-state index < -0.39 is 24.0 Å². The predicted molar refractivity (Wildman–Crippen MR) is 81.4 cm³/mol. The van der Waals surface area contributed by atoms with Gasteiger partial charge in [0.05, 0.1) is 5.56 Å². The van der Waals surface area contributed by atoms with Crippen LogP contribution in [0.1, 0.15) is 17.3 Å². The predicted octanol–water partition coefficient (Wildman–Crippen LogP) is 1.84. The first-order valence-corrected chi connectivity index (χ1v) is 6.73. The third-order valence-electron chi connectivity index (χ3n) is 3.10. The average Bonchev–Trinajstić information content (AvgIpc) is 2.53. The zero-order chi connectivity index (χ0) is 16.1. The van der Waals surface area contributed by atoms with E-state index in [4.69, 9.17) is 4.74 Å². The average molecular weight is 300 g/mol. The van der Waals surface area contributed by atoms with Gasteiger partial charge in [0.1, 0.15) is 0 Å². The fourth-order valence-electron chi connectivity index (χ4n) is 1.87. The Labute approximate surface area is 127 Å². The second-order valence-corrected chi connectivity index (χ2v) is 4.68. The highest BCUT2D eigenvalue weighted by Gasteiger charge is 2.20. The van der Waals surface area contributed by atoms with Crippen molar-refractivity contribution in [2.45, 2.75) is 13.0 Å². The van der Waals surface area contributed by atoms with Crippen molar-refractivity contribution in [2.75, 3.05) is 7.05 Å². The lowest BCUT2D eigenvalue weighted by atomic mass is 10.1. The highest BCUT2D eigenvalue weighted by Crippen LogP contribution is 2.16. The Morgan fingerprint density at radius 2 is 1.73 bits per heavy atom. The Kier molecular flexibility index (Phi) is 4.73. The molecule has 0 aliphatic carbocycles. The largest absolute Gasteiger partial charge is 0.449 e. The summed E-state index contributed by atoms with van der Waals surface area (Å²) in [4.78, 5) is 34.7. The van der Waals surface area contributed by atoms with Gasteiger partial charge in [-0.2, -0.15) is 0 Å². The molecule has 6 nitrogen and oxygen atoms in total. The molecule has 2 aromatic rings. The first kappa shape index (κ1) is 15.5. The van der Waals surface area contributed by atoms with Gasteiger partial charge in [-0.05, 0) is 29.8 Å². The number of hydrogen-bond donors (Lipinski definition) is 2. The van der Waals surface area contributed by atoms with Gasteiger partial charge in [0.2, 0.25) is 0 Å². The second-order valence-electron chi connectivity index (χ2n) is 4.68. The number of ether oxygens (including phenoxy) is 1. The molecular formula is C16H16N2O4. The van der Waals surface area contributed by atoms with Crippen molar-refractivity contribution in [2.24, 2.45) is 0 Å². The molecule has 2 N–H and O–H groups in total. The Bertz CT molecular complexity index is 727. The maximum absolute atomic E-state index is 12.1. The Morgan fingerprint density at radius 1 is 1.05 bits per heavy atom. The summed E-state index contributed by atoms with van der Waals surface area (Å²) in [6.07, 6.45) is -1.07. The molecule has 22 heavy (non-hydrogen) atoms. The summed E-state index contributed by atoms with van der Waals surface area (Å²) >= 11 is 0. The quantitative estimate of drug-likeness (QED) is 0.847. The van der Waals surface area contributed by atoms with Gasteiger partial charge in [-0.3, -0.25) is 10.1 Å². The van der Waals surface area contributed by atoms with Crippen molar-refractivity contribution in [1.82, 2.24) is 10.6 Å². The summed E-state index contributed by atoms with van der Waals surface area (Å²) in [6, 6.07) is 12.1. The number of imide groups is 1. The fourth-order valence-corrected chi connectivity index (χ4v) is 1.87. The number of fused-ring (bicyclic) bond motifs is 1. The van der Waals surface area contributed by atoms with Crippen molar-refractivity contribution in [1.29, 1.82) is 0 Å². The molecule has 114 valence electrons. The molecule has 2 rings (SSSR count). The molecule has 0 heterocycles. The van der Waals surface area contributed by atoms with E-state index in [-0.39, 0.29) is 0 Å². The van der Waals surface area contributed by atoms with E-state index in [1.807, 2.05) is 29.6 Å². The first-order chi connectivity index (χ1) is 10.5. The zero-order valence-corrected chi connectivity index (χ0v) is 12.3. The highest BCUT2D eigenvalue weighted by atomic mass is 16.5. The third kappa shape index (κ3) is 3.60. The molecule has 0 spiro atoms. The number of rotatable bonds is 3. The van der Waals surface area contributed by atoms with E-state index in [9.17, 15) is 14.4 Å². The molecule has 0 radical (unpaired) electrons. The van der Waals surface area contributed by atoms with Crippen LogP contribution in [0.2, 0.25) is 0 Å². The number of urea groups is 1. The molecule has 0 saturated heterocycles. The SMILES string of the molecule is CNC(=O)NC(=O)C(C)OC(=O)c1ccc2ccccc2c1. The standard InChI is InChI=1S/C16H16N2O4/c1-10(14(19)18-16(21)17-2)22-15(20)13-8-7-11-5-3-4-6-12(11)9-13/h3-10H,1-2H3,(H2,17,18,19,21). The molecule has 6 heteroatoms. The summed E-state index contributed by atoms with van der Waals surface area (Å²) in [7, 11) is 1.38. The monoisotopic (exact) mass is 300 g/mol. The smallest absolute Gasteiger partial charge is 0.338 e. The topological polar surface area (TPSA) is 84.5 Å². The number of carbonyl (C=O) groups excluding carboxylic acids is 3. The van der Waals surface area contributed by atoms with Gasteiger partial charge in [0, 0.05) is 7.05 Å². The molecule has 0 aromatic heterocycles. The zero-order valence-electron chi connectivity index (χ0n) is 12.3. The minimum Gasteiger partial charge on any atom is -0.449 e. The molecule has 0 saturated carbocycles. The van der Waals surface area contributed by atoms with Gasteiger partial charge in [-0.1, -0.05) is 30.3 Å². The number of carbonyl (C=O) groups is 3. The number of esters is 1. The first-order valence-electron chi connectivity index (χ1n) is 6.73. The van der Waals surface area contributed by atoms with Crippen molar-refractivity contribution in [3.63, 3.8) is 0 Å². The van der Waals surface area contributed by atoms with Crippen LogP contribution in [-0.4, -0.2) is 31.1 Å². The second kappa shape index (κ2) is 6.71. The van der Waals surface area contributed by atoms with Crippen LogP contribution in [0.5, 0.6) is 0 Å². The van der Waals surface area contributed by atoms with Gasteiger partial charge in [-0.25, -0.2) is 9.59 Å². The molecular weight excluding hydrogens is 284 g/mol. The van der Waals surface area contributed by atoms with E-state index >= 15 is 0 Å². The molecule has 0 fully saturated rings. The maximum Gasteiger partial charge on any atom is 0.338 e. The molecule has 3 amide bonds. The lowest BCUT2D eigenvalue weighted by Gasteiger charge is -2.13. The molecule has 0 aliphatic heterocycles. The van der Waals surface area contributed by atoms with Crippen LogP contribution in [0.4, 0.5) is 4.79 Å². The number of amides is 3. The van der Waals surface area contributed by atoms with Gasteiger partial charge in [0.25, 0.3) is 5.91 Å². The minimum atomic E-state index is -1.07. The molecule has 0 bridgehead atoms. The van der Waals surface area contributed by atoms with Gasteiger partial charge < -0.3 is 10.1 Å². The van der Waals surface area contributed by atoms with Crippen molar-refractivity contribution >= 4 is 28.7 Å². The highest BCUT2D eigenvalue weighted by molar-refractivity contribution is 5.99. The number of hydrogen-bond acceptors (Lipinski definition) is 4. The summed E-state index contributed by atoms with van der Waals surface area (Å²) in [5, 5.41) is 6.20. The summed E-state index contributed by atoms with van der Waals surface area (Å²) in [6.45, 7) is 1.40. The number of nitrogens with one attached hydrogen (secondary N) is 2. The van der Waals surface area contributed by atoms with E-state index in [1.54, 1.807) is 18.2 Å². The van der Waals surface area contributed by atoms with Crippen molar-refractivity contribution < 1.29 is 19.1 Å². The van der Waals surface area contributed by atoms with Crippen LogP contribution >= 0.6 is 0 Å². The van der Waals surface area contributed by atoms with E-state index in [0.29, 0.717) is 5.56 Å². The molecule has 1 unspecified atom stereocenters. The summed E-state index contributed by atoms with van der Waals surface area (Å²) < 4.78 is 5.06. The lowest BCUT2D eigenvalue weighted by Crippen LogP contribution is -2.43. The van der Waals surface area contributed by atoms with Crippen LogP contribution < -0.4 is 10.6 Å². The maximum atomic E-state index is 12.1. The minimum absolute atomic E-state index is 0.346. The van der Waals surface area contributed by atoms with Crippen molar-refractivity contribution in [3.8, 4) is 0 Å². The number of benzene rings is 2. The van der Waals surface area contributed by atoms with Gasteiger partial charge in [-0.15, -0.1) is 0 Å². The van der Waals surface area contributed by atoms with Crippen LogP contribution in [0, 0.1) is 0 Å².